The second-order valence-electron chi connectivity index (χ2n) is 4.04. The van der Waals surface area contributed by atoms with E-state index in [-0.39, 0.29) is 0 Å². The molecule has 70 valence electrons. The Bertz CT molecular complexity index is 290. The summed E-state index contributed by atoms with van der Waals surface area (Å²) in [4.78, 5) is 0. The van der Waals surface area contributed by atoms with E-state index >= 15 is 0 Å². The molecule has 0 bridgehead atoms. The zero-order chi connectivity index (χ0) is 9.26. The first-order valence-corrected chi connectivity index (χ1v) is 4.86. The summed E-state index contributed by atoms with van der Waals surface area (Å²) in [5, 5.41) is 3.47. The van der Waals surface area contributed by atoms with E-state index in [4.69, 9.17) is 5.73 Å². The number of nitrogens with one attached hydrogen (secondary N) is 1. The summed E-state index contributed by atoms with van der Waals surface area (Å²) in [6.07, 6.45) is 2.57. The third-order valence-electron chi connectivity index (χ3n) is 2.63. The molecule has 1 aliphatic carbocycles. The number of hydrogen-bond acceptors (Lipinski definition) is 2. The van der Waals surface area contributed by atoms with E-state index in [1.165, 1.54) is 12.8 Å². The lowest BCUT2D eigenvalue weighted by Crippen LogP contribution is -2.33. The highest BCUT2D eigenvalue weighted by atomic mass is 14.9. The summed E-state index contributed by atoms with van der Waals surface area (Å²) in [6.45, 7) is 2.29. The normalized spacial score (nSPS) is 26.5. The molecule has 2 rings (SSSR count). The zero-order valence-electron chi connectivity index (χ0n) is 7.96. The van der Waals surface area contributed by atoms with E-state index in [1.54, 1.807) is 0 Å². The number of rotatable bonds is 2. The molecule has 2 heteroatoms. The predicted octanol–water partition coefficient (Wildman–Crippen LogP) is 2.48. The van der Waals surface area contributed by atoms with Crippen LogP contribution in [0.15, 0.2) is 24.3 Å². The molecule has 0 spiro atoms. The van der Waals surface area contributed by atoms with Crippen LogP contribution in [0.5, 0.6) is 0 Å². The van der Waals surface area contributed by atoms with E-state index < -0.39 is 0 Å². The fraction of sp³-hybridized carbons (Fsp3) is 0.455. The van der Waals surface area contributed by atoms with Crippen molar-refractivity contribution in [2.45, 2.75) is 25.8 Å². The first-order valence-electron chi connectivity index (χ1n) is 4.86. The highest BCUT2D eigenvalue weighted by Gasteiger charge is 2.24. The lowest BCUT2D eigenvalue weighted by Gasteiger charge is -2.34. The van der Waals surface area contributed by atoms with Gasteiger partial charge < -0.3 is 11.1 Å². The van der Waals surface area contributed by atoms with Gasteiger partial charge in [0.2, 0.25) is 0 Å². The summed E-state index contributed by atoms with van der Waals surface area (Å²) in [6, 6.07) is 8.62. The maximum Gasteiger partial charge on any atom is 0.0362 e. The van der Waals surface area contributed by atoms with Crippen LogP contribution >= 0.6 is 0 Å². The Morgan fingerprint density at radius 2 is 2.15 bits per heavy atom. The van der Waals surface area contributed by atoms with Crippen LogP contribution in [0.2, 0.25) is 0 Å². The third-order valence-corrected chi connectivity index (χ3v) is 2.63. The second-order valence-corrected chi connectivity index (χ2v) is 4.04. The molecule has 0 aromatic heterocycles. The predicted molar refractivity (Wildman–Crippen MR) is 56.7 cm³/mol. The molecule has 0 saturated heterocycles. The van der Waals surface area contributed by atoms with E-state index in [1.807, 2.05) is 18.2 Å². The van der Waals surface area contributed by atoms with Crippen molar-refractivity contribution in [1.29, 1.82) is 0 Å². The average Bonchev–Trinajstić information content (AvgIpc) is 2.01. The number of anilines is 2. The van der Waals surface area contributed by atoms with E-state index in [0.29, 0.717) is 6.04 Å². The van der Waals surface area contributed by atoms with Crippen molar-refractivity contribution < 1.29 is 0 Å². The number of hydrogen-bond donors (Lipinski definition) is 2. The minimum absolute atomic E-state index is 0.664. The molecule has 0 amide bonds. The highest BCUT2D eigenvalue weighted by Crippen LogP contribution is 2.29. The lowest BCUT2D eigenvalue weighted by molar-refractivity contribution is 0.309. The highest BCUT2D eigenvalue weighted by molar-refractivity contribution is 5.54. The molecule has 2 nitrogen and oxygen atoms in total. The average molecular weight is 176 g/mol. The van der Waals surface area contributed by atoms with Crippen molar-refractivity contribution in [2.75, 3.05) is 11.1 Å². The third kappa shape index (κ3) is 1.94. The number of nitrogens with two attached hydrogens (primary N) is 1. The fourth-order valence-electron chi connectivity index (χ4n) is 1.88. The zero-order valence-corrected chi connectivity index (χ0v) is 7.96. The summed E-state index contributed by atoms with van der Waals surface area (Å²) in [7, 11) is 0. The van der Waals surface area contributed by atoms with Gasteiger partial charge in [-0.2, -0.15) is 0 Å². The van der Waals surface area contributed by atoms with Crippen LogP contribution in [0.1, 0.15) is 19.8 Å². The van der Waals surface area contributed by atoms with Gasteiger partial charge in [-0.25, -0.2) is 0 Å². The molecule has 1 fully saturated rings. The lowest BCUT2D eigenvalue weighted by atomic mass is 9.82. The maximum absolute atomic E-state index is 5.68. The van der Waals surface area contributed by atoms with Crippen molar-refractivity contribution in [1.82, 2.24) is 0 Å². The fourth-order valence-corrected chi connectivity index (χ4v) is 1.88. The Morgan fingerprint density at radius 3 is 2.77 bits per heavy atom. The summed E-state index contributed by atoms with van der Waals surface area (Å²) >= 11 is 0. The van der Waals surface area contributed by atoms with Gasteiger partial charge in [0.1, 0.15) is 0 Å². The van der Waals surface area contributed by atoms with Crippen LogP contribution in [0, 0.1) is 5.92 Å². The molecule has 0 heterocycles. The Kier molecular flexibility index (Phi) is 2.13. The Morgan fingerprint density at radius 1 is 1.38 bits per heavy atom. The molecule has 1 aromatic carbocycles. The molecule has 0 aliphatic heterocycles. The minimum Gasteiger partial charge on any atom is -0.399 e. The van der Waals surface area contributed by atoms with Crippen LogP contribution < -0.4 is 11.1 Å². The van der Waals surface area contributed by atoms with Gasteiger partial charge in [0.15, 0.2) is 0 Å². The van der Waals surface area contributed by atoms with Gasteiger partial charge in [-0.3, -0.25) is 0 Å². The molecule has 1 aromatic rings. The van der Waals surface area contributed by atoms with Gasteiger partial charge in [0.05, 0.1) is 0 Å². The quantitative estimate of drug-likeness (QED) is 0.679. The molecule has 0 radical (unpaired) electrons. The molecule has 1 saturated carbocycles. The van der Waals surface area contributed by atoms with Gasteiger partial charge in [-0.15, -0.1) is 0 Å². The van der Waals surface area contributed by atoms with Crippen molar-refractivity contribution in [3.05, 3.63) is 24.3 Å². The van der Waals surface area contributed by atoms with Gasteiger partial charge >= 0.3 is 0 Å². The monoisotopic (exact) mass is 176 g/mol. The van der Waals surface area contributed by atoms with Crippen LogP contribution in [0.3, 0.4) is 0 Å². The van der Waals surface area contributed by atoms with E-state index in [0.717, 1.165) is 17.3 Å². The topological polar surface area (TPSA) is 38.0 Å². The van der Waals surface area contributed by atoms with E-state index in [2.05, 4.69) is 18.3 Å². The SMILES string of the molecule is CC1CC(Nc2cccc(N)c2)C1. The Hall–Kier alpha value is -1.18. The number of nitrogen functional groups attached to an aromatic ring is 1. The summed E-state index contributed by atoms with van der Waals surface area (Å²) in [5.41, 5.74) is 7.66. The molecule has 13 heavy (non-hydrogen) atoms. The van der Waals surface area contributed by atoms with E-state index in [9.17, 15) is 0 Å². The van der Waals surface area contributed by atoms with Gasteiger partial charge in [0, 0.05) is 17.4 Å². The summed E-state index contributed by atoms with van der Waals surface area (Å²) < 4.78 is 0. The molecule has 0 atom stereocenters. The van der Waals surface area contributed by atoms with Gasteiger partial charge in [-0.1, -0.05) is 13.0 Å². The number of benzene rings is 1. The Balaban J connectivity index is 1.94. The molecule has 0 unspecified atom stereocenters. The van der Waals surface area contributed by atoms with Crippen LogP contribution in [0.4, 0.5) is 11.4 Å². The van der Waals surface area contributed by atoms with Crippen molar-refractivity contribution in [3.63, 3.8) is 0 Å². The smallest absolute Gasteiger partial charge is 0.0362 e. The molecular formula is C11H16N2. The van der Waals surface area contributed by atoms with Crippen molar-refractivity contribution >= 4 is 11.4 Å². The second kappa shape index (κ2) is 3.29. The molecule has 1 aliphatic rings. The summed E-state index contributed by atoms with van der Waals surface area (Å²) in [5.74, 6) is 0.888. The maximum atomic E-state index is 5.68. The Labute approximate surface area is 79.1 Å². The van der Waals surface area contributed by atoms with Gasteiger partial charge in [-0.05, 0) is 37.0 Å². The first-order chi connectivity index (χ1) is 6.24. The minimum atomic E-state index is 0.664. The van der Waals surface area contributed by atoms with Crippen LogP contribution in [-0.2, 0) is 0 Å². The molecule has 3 N–H and O–H groups in total. The van der Waals surface area contributed by atoms with Crippen LogP contribution in [-0.4, -0.2) is 6.04 Å². The van der Waals surface area contributed by atoms with Crippen LogP contribution in [0.25, 0.3) is 0 Å². The standard InChI is InChI=1S/C11H16N2/c1-8-5-11(6-8)13-10-4-2-3-9(12)7-10/h2-4,7-8,11,13H,5-6,12H2,1H3. The van der Waals surface area contributed by atoms with Crippen molar-refractivity contribution in [3.8, 4) is 0 Å². The first kappa shape index (κ1) is 8.42. The largest absolute Gasteiger partial charge is 0.399 e. The van der Waals surface area contributed by atoms with Crippen molar-refractivity contribution in [2.24, 2.45) is 5.92 Å². The van der Waals surface area contributed by atoms with Gasteiger partial charge in [0.25, 0.3) is 0 Å². The molecular weight excluding hydrogens is 160 g/mol.